The number of carbonyl (C=O) groups is 7. The molecular weight excluding hydrogens is 1980 g/mol. The summed E-state index contributed by atoms with van der Waals surface area (Å²) in [6.07, 6.45) is -110. The number of hydrogen-bond acceptors (Lipinski definition) is 57. The first-order valence-corrected chi connectivity index (χ1v) is 46.1. The molecule has 6 amide bonds. The van der Waals surface area contributed by atoms with Gasteiger partial charge in [0.15, 0.2) is 62.9 Å². The SMILES string of the molecule is CC(=O)N[C@@H]1[C@@H](O)[C@H](O[C@@H]2O[C@H](CO)[C@@H](O[C@@H]3O[C@H](CO[C@H]4O[C@H](CO)[C@@H](O)[C@H](O)[C@@H]4O[C@@H]4O[C@H](CO)[C@@H](O)[C@H](O)[C@H]4NC(C)=O)[C@@H](O)[C@H](O[C@H]4O[C@H](CO)[C@@H](O[C@@H]5O[C@H](CO)[C@@H](O)[C@H](O)[C@H]5NC(C)=O)[C@H](O)[C@@H]4O[C@@H]4O[C@H](CO)[C@@H](O[C@@H]5O[C@H](CO)[C@H](O)[C@H](O[C@]6(C(=O)O)C[C@H](O)[C@@H](NC(C)=O)[C@H]([C@H](O)[C@H](O)CO)O6)[C@H]5O)[C@H](O)[C@H]4NC(C)=O)[C@@H]3O)[C@H](O)[C@H]2NC(C)=O)[C@@H](CO[C@@H]2O[C@@H](C)[C@@H](O)[C@@H](O)[C@@H]2O)O[C@H]1O. The van der Waals surface area contributed by atoms with E-state index in [1.54, 1.807) is 0 Å². The normalized spacial score (nSPS) is 47.2. The van der Waals surface area contributed by atoms with E-state index in [9.17, 15) is 187 Å². The number of aliphatic hydroxyl groups is 29. The number of aliphatic hydroxyl groups excluding tert-OH is 29. The summed E-state index contributed by atoms with van der Waals surface area (Å²) in [5.74, 6) is -11.5. The molecule has 36 N–H and O–H groups in total. The highest BCUT2D eigenvalue weighted by Crippen LogP contribution is 2.44. The Bertz CT molecular complexity index is 4150. The van der Waals surface area contributed by atoms with Gasteiger partial charge in [0, 0.05) is 48.0 Å². The van der Waals surface area contributed by atoms with Gasteiger partial charge in [-0.15, -0.1) is 0 Å². The third-order valence-electron chi connectivity index (χ3n) is 26.3. The summed E-state index contributed by atoms with van der Waals surface area (Å²) in [4.78, 5) is 91.0. The van der Waals surface area contributed by atoms with Crippen LogP contribution in [0.1, 0.15) is 54.9 Å². The van der Waals surface area contributed by atoms with E-state index in [0.717, 1.165) is 41.5 Å². The summed E-state index contributed by atoms with van der Waals surface area (Å²) >= 11 is 0. The van der Waals surface area contributed by atoms with Gasteiger partial charge in [0.2, 0.25) is 35.4 Å². The van der Waals surface area contributed by atoms with E-state index in [0.29, 0.717) is 0 Å². The Hall–Kier alpha value is -5.71. The quantitative estimate of drug-likeness (QED) is 0.0272. The van der Waals surface area contributed by atoms with Crippen molar-refractivity contribution in [3.8, 4) is 0 Å². The van der Waals surface area contributed by atoms with Crippen LogP contribution in [0.5, 0.6) is 0 Å². The minimum Gasteiger partial charge on any atom is -0.477 e. The van der Waals surface area contributed by atoms with Crippen molar-refractivity contribution in [2.75, 3.05) is 66.1 Å². The average Bonchev–Trinajstić information content (AvgIpc) is 0.765. The van der Waals surface area contributed by atoms with Gasteiger partial charge in [0.1, 0.15) is 256 Å². The maximum Gasteiger partial charge on any atom is 0.364 e. The molecule has 836 valence electrons. The topological polar surface area (TPSA) is 992 Å². The van der Waals surface area contributed by atoms with Crippen molar-refractivity contribution in [3.05, 3.63) is 0 Å². The van der Waals surface area contributed by atoms with E-state index in [2.05, 4.69) is 31.9 Å². The second-order valence-electron chi connectivity index (χ2n) is 36.7. The van der Waals surface area contributed by atoms with Crippen LogP contribution >= 0.6 is 0 Å². The lowest BCUT2D eigenvalue weighted by Gasteiger charge is -2.52. The number of aliphatic carboxylic acids is 1. The number of carbonyl (C=O) groups excluding carboxylic acids is 6. The number of nitrogens with one attached hydrogen (secondary N) is 6. The van der Waals surface area contributed by atoms with Crippen molar-refractivity contribution in [1.29, 1.82) is 0 Å². The molecule has 0 aromatic heterocycles. The Morgan fingerprint density at radius 1 is 0.297 bits per heavy atom. The van der Waals surface area contributed by atoms with E-state index >= 15 is 0 Å². The summed E-state index contributed by atoms with van der Waals surface area (Å²) < 4.78 is 127. The highest BCUT2D eigenvalue weighted by atomic mass is 16.8. The van der Waals surface area contributed by atoms with E-state index in [1.807, 2.05) is 0 Å². The van der Waals surface area contributed by atoms with Crippen molar-refractivity contribution in [3.63, 3.8) is 0 Å². The van der Waals surface area contributed by atoms with E-state index in [-0.39, 0.29) is 0 Å². The molecule has 0 radical (unpaired) electrons. The van der Waals surface area contributed by atoms with Gasteiger partial charge in [0.05, 0.1) is 84.3 Å². The Morgan fingerprint density at radius 3 is 1.06 bits per heavy atom. The fourth-order valence-corrected chi connectivity index (χ4v) is 18.8. The highest BCUT2D eigenvalue weighted by Gasteiger charge is 2.65. The molecule has 11 fully saturated rings. The molecule has 56 atom stereocenters. The molecular formula is C81H134N6O58. The number of rotatable bonds is 39. The maximum absolute atomic E-state index is 13.6. The van der Waals surface area contributed by atoms with Crippen LogP contribution < -0.4 is 31.9 Å². The first kappa shape index (κ1) is 120. The lowest BCUT2D eigenvalue weighted by Crippen LogP contribution is -2.72. The van der Waals surface area contributed by atoms with E-state index < -0.39 is 457 Å². The predicted molar refractivity (Wildman–Crippen MR) is 448 cm³/mol. The molecule has 0 aromatic rings. The van der Waals surface area contributed by atoms with Crippen molar-refractivity contribution in [1.82, 2.24) is 31.9 Å². The Balaban J connectivity index is 0.978. The van der Waals surface area contributed by atoms with Gasteiger partial charge in [-0.2, -0.15) is 0 Å². The smallest absolute Gasteiger partial charge is 0.364 e. The molecule has 64 nitrogen and oxygen atoms in total. The third-order valence-corrected chi connectivity index (χ3v) is 26.3. The minimum absolute atomic E-state index is 0.813. The number of carboxylic acid groups (broad SMARTS) is 1. The maximum atomic E-state index is 13.6. The van der Waals surface area contributed by atoms with Crippen molar-refractivity contribution in [2.45, 2.75) is 398 Å². The molecule has 0 saturated carbocycles. The second kappa shape index (κ2) is 51.8. The van der Waals surface area contributed by atoms with Gasteiger partial charge in [-0.25, -0.2) is 4.79 Å². The zero-order chi connectivity index (χ0) is 107. The molecule has 0 aromatic carbocycles. The predicted octanol–water partition coefficient (Wildman–Crippen LogP) is -23.9. The zero-order valence-corrected chi connectivity index (χ0v) is 78.4. The summed E-state index contributed by atoms with van der Waals surface area (Å²) in [6, 6.07) is -11.8. The van der Waals surface area contributed by atoms with Gasteiger partial charge in [-0.1, -0.05) is 0 Å². The molecule has 0 bridgehead atoms. The number of hydrogen-bond donors (Lipinski definition) is 36. The second-order valence-corrected chi connectivity index (χ2v) is 36.7. The van der Waals surface area contributed by atoms with E-state index in [4.69, 9.17) is 99.5 Å². The molecule has 145 heavy (non-hydrogen) atoms. The Labute approximate surface area is 821 Å². The van der Waals surface area contributed by atoms with Gasteiger partial charge in [-0.3, -0.25) is 28.8 Å². The largest absolute Gasteiger partial charge is 0.477 e. The standard InChI is InChI=1S/C81H134N6O58/c1-19-43(104)55(116)57(118)75(127-19)125-18-36-64(52(113)38(70(122)128-36)83-21(3)97)138-73-41(86-24(6)100)53(114)61(32(14-93)133-73)139-76-59(120)66(49(110)35(136-76)17-126-78-68(56(117)47(108)30(12-91)132-78)142-72-40(85-23(5)99)51(112)46(107)29(11-90)130-72)141-79-69(58(119)63(34(16-95)135-79)137-71-39(84-22(4)98)50(111)45(106)28(10-89)129-71)143-74-42(87-25(7)101)54(115)62(33(15-94)134-74)140-77-60(121)67(48(109)31(13-92)131-77)145-81(80(123)124)8-26(102)37(82-20(2)96)65(144-81)44(105)27(103)9-88/h19,26-79,88-95,102-122H,8-18H2,1-7H3,(H,82,96)(H,83,97)(H,84,98)(H,85,99)(H,86,100)(H,87,101)(H,123,124)/t19-,26-,27+,28+,29+,30+,31+,32+,33+,34+,35+,36+,37+,38+,39+,40+,41+,42+,43+,44+,45+,46+,47+,48-,49+,50+,51+,52+,53+,54+,55+,56-,57-,58-,59-,60+,61+,62+,63+,64+,65+,66-,67-,68-,69-,70+,71-,72-,73-,74-,75+,76-,77-,78-,79+,81-/m0/s1. The third kappa shape index (κ3) is 26.9. The Morgan fingerprint density at radius 2 is 0.621 bits per heavy atom. The molecule has 0 unspecified atom stereocenters. The number of amides is 6. The number of carboxylic acids is 1. The van der Waals surface area contributed by atoms with Crippen molar-refractivity contribution >= 4 is 41.4 Å². The molecule has 11 heterocycles. The van der Waals surface area contributed by atoms with Crippen LogP contribution in [0.2, 0.25) is 0 Å². The molecule has 11 saturated heterocycles. The fraction of sp³-hybridized carbons (Fsp3) is 0.914. The molecule has 0 spiro atoms. The zero-order valence-electron chi connectivity index (χ0n) is 78.4. The molecule has 11 rings (SSSR count). The van der Waals surface area contributed by atoms with Crippen LogP contribution in [0.3, 0.4) is 0 Å². The van der Waals surface area contributed by atoms with Crippen molar-refractivity contribution < 1.29 is 286 Å². The van der Waals surface area contributed by atoms with Crippen LogP contribution in [-0.2, 0) is 133 Å². The molecule has 11 aliphatic heterocycles. The van der Waals surface area contributed by atoms with Crippen LogP contribution in [0.4, 0.5) is 0 Å². The molecule has 11 aliphatic rings. The highest BCUT2D eigenvalue weighted by molar-refractivity contribution is 5.77. The van der Waals surface area contributed by atoms with Crippen LogP contribution in [-0.4, -0.2) is 604 Å². The lowest BCUT2D eigenvalue weighted by atomic mass is 9.88. The molecule has 0 aliphatic carbocycles. The summed E-state index contributed by atoms with van der Waals surface area (Å²) in [7, 11) is 0. The van der Waals surface area contributed by atoms with Gasteiger partial charge < -0.3 is 285 Å². The van der Waals surface area contributed by atoms with Gasteiger partial charge >= 0.3 is 5.97 Å². The van der Waals surface area contributed by atoms with Gasteiger partial charge in [0.25, 0.3) is 5.79 Å². The lowest BCUT2D eigenvalue weighted by molar-refractivity contribution is -0.406. The molecule has 64 heteroatoms. The van der Waals surface area contributed by atoms with Crippen LogP contribution in [0.15, 0.2) is 0 Å². The van der Waals surface area contributed by atoms with Crippen LogP contribution in [0, 0.1) is 0 Å². The first-order valence-electron chi connectivity index (χ1n) is 46.1. The summed E-state index contributed by atoms with van der Waals surface area (Å²) in [5, 5.41) is 356. The van der Waals surface area contributed by atoms with E-state index in [1.165, 1.54) is 6.92 Å². The number of ether oxygens (including phenoxy) is 21. The van der Waals surface area contributed by atoms with Crippen LogP contribution in [0.25, 0.3) is 0 Å². The average molecular weight is 2120 g/mol. The fourth-order valence-electron chi connectivity index (χ4n) is 18.8. The van der Waals surface area contributed by atoms with Crippen molar-refractivity contribution in [2.24, 2.45) is 0 Å². The van der Waals surface area contributed by atoms with Gasteiger partial charge in [-0.05, 0) is 6.92 Å². The summed E-state index contributed by atoms with van der Waals surface area (Å²) in [5.41, 5.74) is 0. The first-order chi connectivity index (χ1) is 68.4. The summed E-state index contributed by atoms with van der Waals surface area (Å²) in [6.45, 7) is -5.53. The monoisotopic (exact) mass is 2120 g/mol. The minimum atomic E-state index is -3.38. The Kier molecular flexibility index (Phi) is 42.7.